The number of carbonyl (C=O) groups excluding carboxylic acids is 1. The number of hydrogen-bond acceptors (Lipinski definition) is 7. The third-order valence-electron chi connectivity index (χ3n) is 4.54. The number of amides is 1. The lowest BCUT2D eigenvalue weighted by atomic mass is 10.0. The van der Waals surface area contributed by atoms with E-state index in [1.807, 2.05) is 0 Å². The summed E-state index contributed by atoms with van der Waals surface area (Å²) < 4.78 is 19.7. The minimum absolute atomic E-state index is 0.0220. The van der Waals surface area contributed by atoms with E-state index in [4.69, 9.17) is 27.9 Å². The smallest absolute Gasteiger partial charge is 0.410 e. The lowest BCUT2D eigenvalue weighted by Gasteiger charge is -2.34. The van der Waals surface area contributed by atoms with E-state index in [0.717, 1.165) is 0 Å². The Kier molecular flexibility index (Phi) is 6.19. The lowest BCUT2D eigenvalue weighted by molar-refractivity contribution is -0.384. The molecule has 0 spiro atoms. The number of carbonyl (C=O) groups is 1. The SMILES string of the molecule is CC(C)(C)OC(=O)N1CCC(Nc2c([N+](=O)[O-])c(Cl)nc3c(F)c(Cl)ncc23)CC1. The fourth-order valence-electron chi connectivity index (χ4n) is 3.18. The average Bonchev–Trinajstić information content (AvgIpc) is 2.64. The molecule has 1 aliphatic heterocycles. The number of hydrogen-bond donors (Lipinski definition) is 1. The van der Waals surface area contributed by atoms with Gasteiger partial charge >= 0.3 is 11.8 Å². The fraction of sp³-hybridized carbons (Fsp3) is 0.500. The summed E-state index contributed by atoms with van der Waals surface area (Å²) in [5.41, 5.74) is -1.26. The Hall–Kier alpha value is -2.46. The lowest BCUT2D eigenvalue weighted by Crippen LogP contribution is -2.44. The number of nitrogens with zero attached hydrogens (tertiary/aromatic N) is 4. The van der Waals surface area contributed by atoms with Gasteiger partial charge in [-0.15, -0.1) is 0 Å². The van der Waals surface area contributed by atoms with E-state index < -0.39 is 38.4 Å². The van der Waals surface area contributed by atoms with Crippen molar-refractivity contribution in [1.29, 1.82) is 0 Å². The molecule has 1 fully saturated rings. The number of likely N-dealkylation sites (tertiary alicyclic amines) is 1. The van der Waals surface area contributed by atoms with E-state index in [9.17, 15) is 19.3 Å². The number of aromatic nitrogens is 2. The Morgan fingerprint density at radius 1 is 1.33 bits per heavy atom. The van der Waals surface area contributed by atoms with Gasteiger partial charge in [-0.05, 0) is 33.6 Å². The molecular weight excluding hydrogens is 440 g/mol. The van der Waals surface area contributed by atoms with Crippen LogP contribution in [-0.2, 0) is 4.74 Å². The number of fused-ring (bicyclic) bond motifs is 1. The molecule has 0 unspecified atom stereocenters. The monoisotopic (exact) mass is 459 g/mol. The van der Waals surface area contributed by atoms with Crippen LogP contribution in [0.4, 0.5) is 20.6 Å². The molecule has 3 heterocycles. The van der Waals surface area contributed by atoms with Crippen LogP contribution in [0.1, 0.15) is 33.6 Å². The van der Waals surface area contributed by atoms with E-state index >= 15 is 0 Å². The number of rotatable bonds is 3. The molecule has 3 rings (SSSR count). The van der Waals surface area contributed by atoms with Crippen molar-refractivity contribution in [1.82, 2.24) is 14.9 Å². The molecular formula is C18H20Cl2FN5O4. The molecule has 0 bridgehead atoms. The first-order valence-corrected chi connectivity index (χ1v) is 9.95. The number of ether oxygens (including phenoxy) is 1. The van der Waals surface area contributed by atoms with Gasteiger partial charge in [-0.3, -0.25) is 10.1 Å². The van der Waals surface area contributed by atoms with Gasteiger partial charge in [-0.1, -0.05) is 23.2 Å². The van der Waals surface area contributed by atoms with Crippen molar-refractivity contribution in [2.75, 3.05) is 18.4 Å². The van der Waals surface area contributed by atoms with Crippen LogP contribution in [0.5, 0.6) is 0 Å². The zero-order valence-electron chi connectivity index (χ0n) is 16.5. The van der Waals surface area contributed by atoms with Gasteiger partial charge in [0.05, 0.1) is 10.3 Å². The molecule has 1 saturated heterocycles. The van der Waals surface area contributed by atoms with Crippen LogP contribution in [0, 0.1) is 15.9 Å². The van der Waals surface area contributed by atoms with Gasteiger partial charge in [-0.25, -0.2) is 19.2 Å². The normalized spacial score (nSPS) is 15.3. The maximum absolute atomic E-state index is 14.4. The molecule has 0 saturated carbocycles. The Bertz CT molecular complexity index is 1010. The van der Waals surface area contributed by atoms with E-state index in [1.165, 1.54) is 6.20 Å². The van der Waals surface area contributed by atoms with E-state index in [0.29, 0.717) is 25.9 Å². The van der Waals surface area contributed by atoms with Crippen LogP contribution < -0.4 is 5.32 Å². The van der Waals surface area contributed by atoms with Crippen molar-refractivity contribution >= 4 is 51.6 Å². The molecule has 0 aliphatic carbocycles. The largest absolute Gasteiger partial charge is 0.444 e. The highest BCUT2D eigenvalue weighted by Crippen LogP contribution is 2.39. The Morgan fingerprint density at radius 2 is 1.97 bits per heavy atom. The zero-order valence-corrected chi connectivity index (χ0v) is 18.1. The fourth-order valence-corrected chi connectivity index (χ4v) is 3.57. The van der Waals surface area contributed by atoms with E-state index in [-0.39, 0.29) is 22.6 Å². The molecule has 12 heteroatoms. The van der Waals surface area contributed by atoms with Gasteiger partial charge < -0.3 is 15.0 Å². The first-order valence-electron chi connectivity index (χ1n) is 9.20. The van der Waals surface area contributed by atoms with Crippen LogP contribution in [0.3, 0.4) is 0 Å². The molecule has 30 heavy (non-hydrogen) atoms. The van der Waals surface area contributed by atoms with E-state index in [1.54, 1.807) is 25.7 Å². The van der Waals surface area contributed by atoms with Crippen molar-refractivity contribution in [2.24, 2.45) is 0 Å². The summed E-state index contributed by atoms with van der Waals surface area (Å²) in [4.78, 5) is 32.2. The number of piperidine rings is 1. The summed E-state index contributed by atoms with van der Waals surface area (Å²) in [6.07, 6.45) is 1.81. The predicted octanol–water partition coefficient (Wildman–Crippen LogP) is 4.80. The maximum atomic E-state index is 14.4. The van der Waals surface area contributed by atoms with Crippen molar-refractivity contribution in [3.63, 3.8) is 0 Å². The summed E-state index contributed by atoms with van der Waals surface area (Å²) in [6.45, 7) is 6.16. The standard InChI is InChI=1S/C18H20Cl2FN5O4/c1-18(2,3)30-17(27)25-6-4-9(5-7-25)23-13-10-8-22-15(19)11(21)12(10)24-16(20)14(13)26(28)29/h8-9H,4-7H2,1-3H3,(H,23,24). The third-order valence-corrected chi connectivity index (χ3v) is 5.07. The highest BCUT2D eigenvalue weighted by atomic mass is 35.5. The van der Waals surface area contributed by atoms with E-state index in [2.05, 4.69) is 15.3 Å². The number of nitrogens with one attached hydrogen (secondary N) is 1. The molecule has 1 N–H and O–H groups in total. The minimum atomic E-state index is -0.909. The summed E-state index contributed by atoms with van der Waals surface area (Å²) in [5.74, 6) is -0.909. The number of halogens is 3. The van der Waals surface area contributed by atoms with Gasteiger partial charge in [0.1, 0.15) is 16.8 Å². The highest BCUT2D eigenvalue weighted by Gasteiger charge is 2.31. The molecule has 0 atom stereocenters. The van der Waals surface area contributed by atoms with Crippen molar-refractivity contribution in [2.45, 2.75) is 45.3 Å². The summed E-state index contributed by atoms with van der Waals surface area (Å²) in [7, 11) is 0. The van der Waals surface area contributed by atoms with Crippen LogP contribution in [0.15, 0.2) is 6.20 Å². The molecule has 1 aliphatic rings. The molecule has 1 amide bonds. The Morgan fingerprint density at radius 3 is 2.53 bits per heavy atom. The maximum Gasteiger partial charge on any atom is 0.410 e. The van der Waals surface area contributed by atoms with Crippen LogP contribution >= 0.6 is 23.2 Å². The molecule has 2 aromatic heterocycles. The van der Waals surface area contributed by atoms with Gasteiger partial charge in [0.2, 0.25) is 5.15 Å². The first-order chi connectivity index (χ1) is 14.0. The summed E-state index contributed by atoms with van der Waals surface area (Å²) >= 11 is 11.7. The van der Waals surface area contributed by atoms with Gasteiger partial charge in [0.15, 0.2) is 11.0 Å². The summed E-state index contributed by atoms with van der Waals surface area (Å²) in [5, 5.41) is 13.9. The summed E-state index contributed by atoms with van der Waals surface area (Å²) in [6, 6.07) is -0.220. The molecule has 9 nitrogen and oxygen atoms in total. The van der Waals surface area contributed by atoms with Gasteiger partial charge in [0, 0.05) is 25.3 Å². The van der Waals surface area contributed by atoms with Crippen molar-refractivity contribution in [3.8, 4) is 0 Å². The van der Waals surface area contributed by atoms with Gasteiger partial charge in [0.25, 0.3) is 0 Å². The number of anilines is 1. The number of pyridine rings is 2. The quantitative estimate of drug-likeness (QED) is 0.398. The zero-order chi connectivity index (χ0) is 22.2. The van der Waals surface area contributed by atoms with Crippen molar-refractivity contribution < 1.29 is 18.8 Å². The third kappa shape index (κ3) is 4.65. The molecule has 2 aromatic rings. The van der Waals surface area contributed by atoms with Crippen LogP contribution in [0.25, 0.3) is 10.9 Å². The van der Waals surface area contributed by atoms with Crippen LogP contribution in [0.2, 0.25) is 10.3 Å². The number of nitro groups is 1. The predicted molar refractivity (Wildman–Crippen MR) is 111 cm³/mol. The molecule has 162 valence electrons. The van der Waals surface area contributed by atoms with Gasteiger partial charge in [-0.2, -0.15) is 0 Å². The Labute approximate surface area is 181 Å². The second-order valence-corrected chi connectivity index (χ2v) is 8.61. The van der Waals surface area contributed by atoms with Crippen LogP contribution in [-0.4, -0.2) is 50.6 Å². The average molecular weight is 460 g/mol. The molecule has 0 radical (unpaired) electrons. The second-order valence-electron chi connectivity index (χ2n) is 7.89. The van der Waals surface area contributed by atoms with Crippen molar-refractivity contribution in [3.05, 3.63) is 32.4 Å². The first kappa shape index (κ1) is 22.2. The highest BCUT2D eigenvalue weighted by molar-refractivity contribution is 6.33. The second kappa shape index (κ2) is 8.35. The topological polar surface area (TPSA) is 110 Å². The molecule has 0 aromatic carbocycles. The Balaban J connectivity index is 1.86. The minimum Gasteiger partial charge on any atom is -0.444 e.